The third kappa shape index (κ3) is 4.91. The Balaban J connectivity index is 4.81. The SMILES string of the molecule is CSC(N=C=O)C(SC)C(N=C=O)SC. The van der Waals surface area contributed by atoms with E-state index in [1.165, 1.54) is 35.3 Å². The van der Waals surface area contributed by atoms with Crippen LogP contribution < -0.4 is 0 Å². The summed E-state index contributed by atoms with van der Waals surface area (Å²) in [5.41, 5.74) is 0. The summed E-state index contributed by atoms with van der Waals surface area (Å²) in [7, 11) is 0. The standard InChI is InChI=1S/C8H12N2O2S3/c1-13-6(7(14-2)9-4-11)8(15-3)10-5-12/h6-8H,1-3H3. The number of hydrogen-bond donors (Lipinski definition) is 0. The summed E-state index contributed by atoms with van der Waals surface area (Å²) in [6.07, 6.45) is 8.71. The molecule has 7 heteroatoms. The molecule has 0 bridgehead atoms. The van der Waals surface area contributed by atoms with Gasteiger partial charge in [-0.15, -0.1) is 23.5 Å². The van der Waals surface area contributed by atoms with Crippen LogP contribution in [0.1, 0.15) is 0 Å². The maximum atomic E-state index is 10.2. The summed E-state index contributed by atoms with van der Waals surface area (Å²) >= 11 is 4.42. The third-order valence-corrected chi connectivity index (χ3v) is 4.84. The van der Waals surface area contributed by atoms with Gasteiger partial charge in [0.05, 0.1) is 5.25 Å². The normalized spacial score (nSPS) is 15.7. The van der Waals surface area contributed by atoms with Gasteiger partial charge in [0.25, 0.3) is 0 Å². The number of thioether (sulfide) groups is 3. The Morgan fingerprint density at radius 2 is 1.27 bits per heavy atom. The molecule has 0 fully saturated rings. The minimum atomic E-state index is -0.230. The third-order valence-electron chi connectivity index (χ3n) is 1.68. The summed E-state index contributed by atoms with van der Waals surface area (Å²) < 4.78 is 0. The molecule has 0 aromatic rings. The first-order valence-electron chi connectivity index (χ1n) is 3.97. The number of hydrogen-bond acceptors (Lipinski definition) is 7. The van der Waals surface area contributed by atoms with Gasteiger partial charge in [-0.05, 0) is 18.8 Å². The van der Waals surface area contributed by atoms with Crippen molar-refractivity contribution in [1.29, 1.82) is 0 Å². The Hall–Kier alpha value is -0.190. The molecule has 0 rings (SSSR count). The average Bonchev–Trinajstić information content (AvgIpc) is 2.27. The lowest BCUT2D eigenvalue weighted by Crippen LogP contribution is -2.28. The number of aliphatic imine (C=N–C) groups is 2. The predicted molar refractivity (Wildman–Crippen MR) is 68.2 cm³/mol. The molecule has 2 atom stereocenters. The Morgan fingerprint density at radius 1 is 0.867 bits per heavy atom. The van der Waals surface area contributed by atoms with Crippen molar-refractivity contribution < 1.29 is 9.59 Å². The number of rotatable bonds is 7. The first-order chi connectivity index (χ1) is 7.24. The molecule has 0 heterocycles. The van der Waals surface area contributed by atoms with Crippen molar-refractivity contribution in [2.45, 2.75) is 16.0 Å². The second-order valence-corrected chi connectivity index (χ2v) is 5.32. The van der Waals surface area contributed by atoms with Crippen molar-refractivity contribution >= 4 is 47.4 Å². The fourth-order valence-corrected chi connectivity index (χ4v) is 4.15. The minimum absolute atomic E-state index is 0.0297. The zero-order valence-electron chi connectivity index (χ0n) is 8.67. The average molecular weight is 264 g/mol. The molecule has 0 aromatic heterocycles. The van der Waals surface area contributed by atoms with Crippen molar-refractivity contribution in [2.24, 2.45) is 9.98 Å². The number of nitrogens with zero attached hydrogens (tertiary/aromatic N) is 2. The van der Waals surface area contributed by atoms with Gasteiger partial charge < -0.3 is 0 Å². The molecule has 0 aromatic carbocycles. The monoisotopic (exact) mass is 264 g/mol. The van der Waals surface area contributed by atoms with Crippen LogP contribution in [0.3, 0.4) is 0 Å². The molecule has 0 spiro atoms. The van der Waals surface area contributed by atoms with Crippen LogP contribution in [0.25, 0.3) is 0 Å². The largest absolute Gasteiger partial charge is 0.236 e. The van der Waals surface area contributed by atoms with Gasteiger partial charge in [0, 0.05) is 0 Å². The van der Waals surface area contributed by atoms with Gasteiger partial charge in [0.1, 0.15) is 10.7 Å². The van der Waals surface area contributed by atoms with E-state index in [-0.39, 0.29) is 16.0 Å². The fourth-order valence-electron chi connectivity index (χ4n) is 0.998. The zero-order chi connectivity index (χ0) is 11.7. The van der Waals surface area contributed by atoms with Crippen molar-refractivity contribution in [3.05, 3.63) is 0 Å². The molecule has 84 valence electrons. The quantitative estimate of drug-likeness (QED) is 0.518. The van der Waals surface area contributed by atoms with E-state index in [1.54, 1.807) is 12.2 Å². The first kappa shape index (κ1) is 14.8. The van der Waals surface area contributed by atoms with E-state index in [9.17, 15) is 9.59 Å². The Kier molecular flexibility index (Phi) is 8.95. The first-order valence-corrected chi connectivity index (χ1v) is 7.83. The van der Waals surface area contributed by atoms with Crippen LogP contribution in [0.15, 0.2) is 9.98 Å². The van der Waals surface area contributed by atoms with E-state index in [4.69, 9.17) is 0 Å². The number of isocyanates is 2. The lowest BCUT2D eigenvalue weighted by Gasteiger charge is -2.23. The van der Waals surface area contributed by atoms with Crippen molar-refractivity contribution in [2.75, 3.05) is 18.8 Å². The topological polar surface area (TPSA) is 58.9 Å². The molecule has 15 heavy (non-hydrogen) atoms. The van der Waals surface area contributed by atoms with Gasteiger partial charge in [-0.2, -0.15) is 21.7 Å². The highest BCUT2D eigenvalue weighted by molar-refractivity contribution is 8.05. The molecule has 0 aliphatic heterocycles. The van der Waals surface area contributed by atoms with Crippen LogP contribution in [-0.4, -0.2) is 46.9 Å². The van der Waals surface area contributed by atoms with E-state index in [0.717, 1.165) is 0 Å². The summed E-state index contributed by atoms with van der Waals surface area (Å²) in [5, 5.41) is -0.489. The van der Waals surface area contributed by atoms with Crippen LogP contribution >= 0.6 is 35.3 Å². The van der Waals surface area contributed by atoms with Crippen molar-refractivity contribution in [1.82, 2.24) is 0 Å². The summed E-state index contributed by atoms with van der Waals surface area (Å²) in [4.78, 5) is 27.9. The van der Waals surface area contributed by atoms with Gasteiger partial charge in [0.2, 0.25) is 12.2 Å². The Bertz CT molecular complexity index is 249. The molecule has 0 aliphatic carbocycles. The lowest BCUT2D eigenvalue weighted by atomic mass is 10.4. The van der Waals surface area contributed by atoms with E-state index in [0.29, 0.717) is 0 Å². The Morgan fingerprint density at radius 3 is 1.47 bits per heavy atom. The molecule has 0 aliphatic rings. The van der Waals surface area contributed by atoms with E-state index < -0.39 is 0 Å². The van der Waals surface area contributed by atoms with E-state index in [2.05, 4.69) is 9.98 Å². The van der Waals surface area contributed by atoms with E-state index >= 15 is 0 Å². The molecule has 0 radical (unpaired) electrons. The highest BCUT2D eigenvalue weighted by atomic mass is 32.2. The van der Waals surface area contributed by atoms with Crippen LogP contribution in [0.2, 0.25) is 0 Å². The molecule has 2 unspecified atom stereocenters. The van der Waals surface area contributed by atoms with Gasteiger partial charge in [-0.25, -0.2) is 9.59 Å². The van der Waals surface area contributed by atoms with Crippen molar-refractivity contribution in [3.8, 4) is 0 Å². The molecule has 0 N–H and O–H groups in total. The van der Waals surface area contributed by atoms with Crippen LogP contribution in [-0.2, 0) is 9.59 Å². The van der Waals surface area contributed by atoms with Crippen LogP contribution in [0.5, 0.6) is 0 Å². The second-order valence-electron chi connectivity index (χ2n) is 2.39. The number of carbonyl (C=O) groups excluding carboxylic acids is 2. The maximum Gasteiger partial charge on any atom is 0.236 e. The summed E-state index contributed by atoms with van der Waals surface area (Å²) in [5.74, 6) is 0. The molecule has 0 saturated heterocycles. The molecular weight excluding hydrogens is 252 g/mol. The van der Waals surface area contributed by atoms with E-state index in [1.807, 2.05) is 18.8 Å². The summed E-state index contributed by atoms with van der Waals surface area (Å²) in [6.45, 7) is 0. The van der Waals surface area contributed by atoms with Gasteiger partial charge in [0.15, 0.2) is 0 Å². The minimum Gasteiger partial charge on any atom is -0.211 e. The maximum absolute atomic E-state index is 10.2. The highest BCUT2D eigenvalue weighted by Crippen LogP contribution is 2.30. The molecule has 0 saturated carbocycles. The van der Waals surface area contributed by atoms with Crippen LogP contribution in [0, 0.1) is 0 Å². The van der Waals surface area contributed by atoms with Gasteiger partial charge >= 0.3 is 0 Å². The zero-order valence-corrected chi connectivity index (χ0v) is 11.1. The van der Waals surface area contributed by atoms with Crippen molar-refractivity contribution in [3.63, 3.8) is 0 Å². The molecular formula is C8H12N2O2S3. The fraction of sp³-hybridized carbons (Fsp3) is 0.750. The smallest absolute Gasteiger partial charge is 0.211 e. The Labute approximate surface area is 102 Å². The molecule has 0 amide bonds. The highest BCUT2D eigenvalue weighted by Gasteiger charge is 2.27. The van der Waals surface area contributed by atoms with Gasteiger partial charge in [-0.1, -0.05) is 0 Å². The van der Waals surface area contributed by atoms with Gasteiger partial charge in [-0.3, -0.25) is 0 Å². The molecule has 4 nitrogen and oxygen atoms in total. The predicted octanol–water partition coefficient (Wildman–Crippen LogP) is 1.77. The van der Waals surface area contributed by atoms with Crippen LogP contribution in [0.4, 0.5) is 0 Å². The summed E-state index contributed by atoms with van der Waals surface area (Å²) in [6, 6.07) is 0. The lowest BCUT2D eigenvalue weighted by molar-refractivity contribution is 0.559. The second kappa shape index (κ2) is 9.07.